The van der Waals surface area contributed by atoms with Crippen LogP contribution in [0.3, 0.4) is 0 Å². The van der Waals surface area contributed by atoms with Crippen molar-refractivity contribution in [2.45, 2.75) is 24.2 Å². The van der Waals surface area contributed by atoms with E-state index in [1.165, 1.54) is 0 Å². The van der Waals surface area contributed by atoms with E-state index < -0.39 is 24.2 Å². The number of halogens is 11. The summed E-state index contributed by atoms with van der Waals surface area (Å²) in [7, 11) is 0. The number of hydrogen-bond acceptors (Lipinski definition) is 0. The first-order chi connectivity index (χ1) is 5.75. The third-order valence-corrected chi connectivity index (χ3v) is 1.11. The van der Waals surface area contributed by atoms with Crippen molar-refractivity contribution >= 4 is 17.0 Å². The van der Waals surface area contributed by atoms with Crippen molar-refractivity contribution < 1.29 is 43.9 Å². The maximum Gasteiger partial charge on any atom is 0.460 e. The van der Waals surface area contributed by atoms with Crippen LogP contribution in [0.1, 0.15) is 0 Å². The molecule has 0 aromatic carbocycles. The minimum absolute atomic E-state index is 0. The van der Waals surface area contributed by atoms with Crippen LogP contribution >= 0.6 is 17.0 Å². The molecule has 0 aromatic heterocycles. The van der Waals surface area contributed by atoms with Crippen LogP contribution in [0.2, 0.25) is 0 Å². The maximum absolute atomic E-state index is 11.6. The highest BCUT2D eigenvalue weighted by Crippen LogP contribution is 2.53. The molecule has 0 aliphatic heterocycles. The predicted molar refractivity (Wildman–Crippen MR) is 32.3 cm³/mol. The Morgan fingerprint density at radius 1 is 0.400 bits per heavy atom. The molecule has 0 rings (SSSR count). The first-order valence-corrected chi connectivity index (χ1v) is 2.64. The zero-order chi connectivity index (χ0) is 12.0. The molecule has 0 N–H and O–H groups in total. The summed E-state index contributed by atoms with van der Waals surface area (Å²) >= 11 is 0. The van der Waals surface area contributed by atoms with Crippen LogP contribution in [0.15, 0.2) is 0 Å². The fourth-order valence-corrected chi connectivity index (χ4v) is 0.356. The summed E-state index contributed by atoms with van der Waals surface area (Å²) in [5, 5.41) is 0. The van der Waals surface area contributed by atoms with E-state index in [2.05, 4.69) is 0 Å². The Labute approximate surface area is 86.0 Å². The van der Waals surface area contributed by atoms with Gasteiger partial charge in [-0.3, -0.25) is 0 Å². The predicted octanol–water partition coefficient (Wildman–Crippen LogP) is 3.96. The molecule has 94 valence electrons. The Hall–Kier alpha value is -0.220. The molecular weight excluding hydrogens is 318 g/mol. The van der Waals surface area contributed by atoms with E-state index in [4.69, 9.17) is 0 Å². The summed E-state index contributed by atoms with van der Waals surface area (Å²) in [4.78, 5) is 0. The van der Waals surface area contributed by atoms with Crippen molar-refractivity contribution in [1.29, 1.82) is 0 Å². The van der Waals surface area contributed by atoms with Gasteiger partial charge in [-0.25, -0.2) is 0 Å². The van der Waals surface area contributed by atoms with Gasteiger partial charge in [0.25, 0.3) is 0 Å². The summed E-state index contributed by atoms with van der Waals surface area (Å²) in [6.45, 7) is 0. The Balaban J connectivity index is 0. The van der Waals surface area contributed by atoms with E-state index >= 15 is 0 Å². The first kappa shape index (κ1) is 17.2. The van der Waals surface area contributed by atoms with E-state index in [1.807, 2.05) is 0 Å². The van der Waals surface area contributed by atoms with Gasteiger partial charge in [0, 0.05) is 0 Å². The van der Waals surface area contributed by atoms with Gasteiger partial charge in [-0.2, -0.15) is 43.9 Å². The first-order valence-electron chi connectivity index (χ1n) is 2.64. The Kier molecular flexibility index (Phi) is 4.56. The molecule has 15 heavy (non-hydrogen) atoms. The lowest BCUT2D eigenvalue weighted by atomic mass is 10.1. The zero-order valence-electron chi connectivity index (χ0n) is 6.19. The van der Waals surface area contributed by atoms with E-state index in [-0.39, 0.29) is 17.0 Å². The second-order valence-electron chi connectivity index (χ2n) is 2.14. The van der Waals surface area contributed by atoms with Gasteiger partial charge in [0.15, 0.2) is 0 Å². The fraction of sp³-hybridized carbons (Fsp3) is 1.00. The van der Waals surface area contributed by atoms with Crippen LogP contribution in [0.4, 0.5) is 43.9 Å². The van der Waals surface area contributed by atoms with Gasteiger partial charge in [0.1, 0.15) is 0 Å². The van der Waals surface area contributed by atoms with Gasteiger partial charge in [-0.15, -0.1) is 17.0 Å². The van der Waals surface area contributed by atoms with Gasteiger partial charge in [0.05, 0.1) is 0 Å². The molecule has 0 unspecified atom stereocenters. The summed E-state index contributed by atoms with van der Waals surface area (Å²) in [6.07, 6.45) is -13.9. The molecule has 0 saturated carbocycles. The molecule has 11 heteroatoms. The average Bonchev–Trinajstić information content (AvgIpc) is 1.81. The molecule has 0 saturated heterocycles. The zero-order valence-corrected chi connectivity index (χ0v) is 7.90. The Morgan fingerprint density at radius 2 is 0.533 bits per heavy atom. The summed E-state index contributed by atoms with van der Waals surface area (Å²) in [5.74, 6) is -14.3. The van der Waals surface area contributed by atoms with Crippen molar-refractivity contribution in [3.05, 3.63) is 0 Å². The lowest BCUT2D eigenvalue weighted by Crippen LogP contribution is -2.59. The minimum Gasteiger partial charge on any atom is -0.189 e. The lowest BCUT2D eigenvalue weighted by molar-refractivity contribution is -0.419. The van der Waals surface area contributed by atoms with Crippen LogP contribution in [0.25, 0.3) is 0 Å². The van der Waals surface area contributed by atoms with Crippen LogP contribution in [-0.2, 0) is 0 Å². The second-order valence-corrected chi connectivity index (χ2v) is 2.14. The highest BCUT2D eigenvalue weighted by atomic mass is 79.9. The molecule has 0 amide bonds. The normalized spacial score (nSPS) is 14.8. The van der Waals surface area contributed by atoms with E-state index in [0.29, 0.717) is 0 Å². The van der Waals surface area contributed by atoms with Gasteiger partial charge in [0.2, 0.25) is 0 Å². The molecule has 0 radical (unpaired) electrons. The van der Waals surface area contributed by atoms with Crippen molar-refractivity contribution in [2.75, 3.05) is 0 Å². The van der Waals surface area contributed by atoms with E-state index in [1.54, 1.807) is 0 Å². The topological polar surface area (TPSA) is 0 Å². The molecule has 0 heterocycles. The van der Waals surface area contributed by atoms with Crippen molar-refractivity contribution in [2.24, 2.45) is 0 Å². The third kappa shape index (κ3) is 2.67. The molecule has 0 spiro atoms. The third-order valence-electron chi connectivity index (χ3n) is 1.11. The number of alkyl halides is 10. The van der Waals surface area contributed by atoms with Gasteiger partial charge in [-0.1, -0.05) is 0 Å². The molecule has 0 aliphatic rings. The molecule has 0 fully saturated rings. The summed E-state index contributed by atoms with van der Waals surface area (Å²) in [6, 6.07) is 0. The van der Waals surface area contributed by atoms with Crippen LogP contribution in [0, 0.1) is 0 Å². The summed E-state index contributed by atoms with van der Waals surface area (Å²) in [5.41, 5.74) is 0. The number of hydrogen-bond donors (Lipinski definition) is 0. The smallest absolute Gasteiger partial charge is 0.189 e. The molecule has 0 aromatic rings. The van der Waals surface area contributed by atoms with Gasteiger partial charge < -0.3 is 0 Å². The molecule has 0 bridgehead atoms. The van der Waals surface area contributed by atoms with Gasteiger partial charge in [-0.05, 0) is 0 Å². The quantitative estimate of drug-likeness (QED) is 0.642. The molecule has 0 nitrogen and oxygen atoms in total. The Bertz CT molecular complexity index is 186. The van der Waals surface area contributed by atoms with E-state index in [0.717, 1.165) is 0 Å². The lowest BCUT2D eigenvalue weighted by Gasteiger charge is -2.29. The van der Waals surface area contributed by atoms with Crippen LogP contribution in [0.5, 0.6) is 0 Å². The van der Waals surface area contributed by atoms with Gasteiger partial charge >= 0.3 is 24.2 Å². The van der Waals surface area contributed by atoms with Crippen molar-refractivity contribution in [3.63, 3.8) is 0 Å². The highest BCUT2D eigenvalue weighted by Gasteiger charge is 2.82. The SMILES string of the molecule is Br.FC(F)(F)C(F)(F)C(F)(F)C(F)(F)F. The molecule has 0 aliphatic carbocycles. The van der Waals surface area contributed by atoms with Crippen molar-refractivity contribution in [1.82, 2.24) is 0 Å². The maximum atomic E-state index is 11.6. The molecular formula is C4HBrF10. The molecule has 0 atom stereocenters. The largest absolute Gasteiger partial charge is 0.460 e. The number of rotatable bonds is 1. The highest BCUT2D eigenvalue weighted by molar-refractivity contribution is 8.93. The second kappa shape index (κ2) is 3.98. The standard InChI is InChI=1S/C4F10.BrH/c5-1(6,3(9,10)11)2(7,8)4(12,13)14;/h;1H. The average molecular weight is 319 g/mol. The van der Waals surface area contributed by atoms with Crippen LogP contribution < -0.4 is 0 Å². The van der Waals surface area contributed by atoms with Crippen LogP contribution in [-0.4, -0.2) is 24.2 Å². The minimum atomic E-state index is -7.14. The fourth-order valence-electron chi connectivity index (χ4n) is 0.356. The Morgan fingerprint density at radius 3 is 0.600 bits per heavy atom. The van der Waals surface area contributed by atoms with Crippen molar-refractivity contribution in [3.8, 4) is 0 Å². The monoisotopic (exact) mass is 318 g/mol. The van der Waals surface area contributed by atoms with E-state index in [9.17, 15) is 43.9 Å². The summed E-state index contributed by atoms with van der Waals surface area (Å²) < 4.78 is 113.